The number of hydrogen-bond donors (Lipinski definition) is 0. The first-order valence-corrected chi connectivity index (χ1v) is 9.49. The zero-order valence-electron chi connectivity index (χ0n) is 15.3. The van der Waals surface area contributed by atoms with Crippen LogP contribution in [0.5, 0.6) is 0 Å². The second kappa shape index (κ2) is 7.32. The SMILES string of the molecule is Cn1cc(-c2cnn(CC3CCCCC3)c2)c(-c2ccccc2)cc1=O. The van der Waals surface area contributed by atoms with Crippen LogP contribution in [0.3, 0.4) is 0 Å². The fourth-order valence-corrected chi connectivity index (χ4v) is 3.95. The summed E-state index contributed by atoms with van der Waals surface area (Å²) in [6, 6.07) is 11.8. The number of aryl methyl sites for hydroxylation is 1. The van der Waals surface area contributed by atoms with Gasteiger partial charge < -0.3 is 4.57 Å². The Morgan fingerprint density at radius 2 is 1.77 bits per heavy atom. The van der Waals surface area contributed by atoms with Gasteiger partial charge in [-0.15, -0.1) is 0 Å². The van der Waals surface area contributed by atoms with Gasteiger partial charge in [0.15, 0.2) is 0 Å². The molecule has 0 amide bonds. The molecular weight excluding hydrogens is 322 g/mol. The first kappa shape index (κ1) is 16.8. The zero-order valence-corrected chi connectivity index (χ0v) is 15.3. The third-order valence-electron chi connectivity index (χ3n) is 5.43. The topological polar surface area (TPSA) is 39.8 Å². The standard InChI is InChI=1S/C22H25N3O/c1-24-16-21(20(12-22(24)26)18-10-6-3-7-11-18)19-13-23-25(15-19)14-17-8-4-2-5-9-17/h3,6-7,10-13,15-17H,2,4-5,8-9,14H2,1H3. The Labute approximate surface area is 154 Å². The monoisotopic (exact) mass is 347 g/mol. The van der Waals surface area contributed by atoms with Crippen LogP contribution >= 0.6 is 0 Å². The summed E-state index contributed by atoms with van der Waals surface area (Å²) in [6.07, 6.45) is 12.7. The number of benzene rings is 1. The van der Waals surface area contributed by atoms with Gasteiger partial charge in [-0.3, -0.25) is 9.48 Å². The van der Waals surface area contributed by atoms with Crippen LogP contribution in [0.15, 0.2) is 59.8 Å². The van der Waals surface area contributed by atoms with Crippen LogP contribution in [0.4, 0.5) is 0 Å². The van der Waals surface area contributed by atoms with Crippen molar-refractivity contribution in [3.63, 3.8) is 0 Å². The summed E-state index contributed by atoms with van der Waals surface area (Å²) in [7, 11) is 1.80. The molecule has 0 N–H and O–H groups in total. The predicted molar refractivity (Wildman–Crippen MR) is 105 cm³/mol. The Kier molecular flexibility index (Phi) is 4.74. The normalized spacial score (nSPS) is 15.3. The van der Waals surface area contributed by atoms with Crippen LogP contribution in [0.25, 0.3) is 22.3 Å². The van der Waals surface area contributed by atoms with Gasteiger partial charge in [0.25, 0.3) is 5.56 Å². The van der Waals surface area contributed by atoms with Crippen molar-refractivity contribution in [3.8, 4) is 22.3 Å². The van der Waals surface area contributed by atoms with E-state index in [2.05, 4.69) is 16.0 Å². The lowest BCUT2D eigenvalue weighted by molar-refractivity contribution is 0.308. The smallest absolute Gasteiger partial charge is 0.250 e. The summed E-state index contributed by atoms with van der Waals surface area (Å²) >= 11 is 0. The van der Waals surface area contributed by atoms with Gasteiger partial charge in [0, 0.05) is 43.2 Å². The highest BCUT2D eigenvalue weighted by Crippen LogP contribution is 2.31. The maximum absolute atomic E-state index is 12.2. The molecular formula is C22H25N3O. The van der Waals surface area contributed by atoms with Gasteiger partial charge in [-0.05, 0) is 29.9 Å². The molecule has 4 heteroatoms. The summed E-state index contributed by atoms with van der Waals surface area (Å²) < 4.78 is 3.71. The first-order chi connectivity index (χ1) is 12.7. The molecule has 4 rings (SSSR count). The highest BCUT2D eigenvalue weighted by molar-refractivity contribution is 5.82. The van der Waals surface area contributed by atoms with Gasteiger partial charge in [0.1, 0.15) is 0 Å². The van der Waals surface area contributed by atoms with Crippen molar-refractivity contribution in [3.05, 3.63) is 65.3 Å². The lowest BCUT2D eigenvalue weighted by Crippen LogP contribution is -2.15. The highest BCUT2D eigenvalue weighted by atomic mass is 16.1. The largest absolute Gasteiger partial charge is 0.318 e. The molecule has 0 saturated heterocycles. The minimum Gasteiger partial charge on any atom is -0.318 e. The molecule has 3 aromatic rings. The minimum absolute atomic E-state index is 0.00204. The number of nitrogens with zero attached hydrogens (tertiary/aromatic N) is 3. The van der Waals surface area contributed by atoms with Gasteiger partial charge >= 0.3 is 0 Å². The quantitative estimate of drug-likeness (QED) is 0.697. The summed E-state index contributed by atoms with van der Waals surface area (Å²) in [6.45, 7) is 0.992. The molecule has 1 aliphatic carbocycles. The van der Waals surface area contributed by atoms with Crippen molar-refractivity contribution in [1.82, 2.24) is 14.3 Å². The molecule has 0 spiro atoms. The average Bonchev–Trinajstić information content (AvgIpc) is 3.13. The van der Waals surface area contributed by atoms with Gasteiger partial charge in [-0.2, -0.15) is 5.10 Å². The van der Waals surface area contributed by atoms with Crippen LogP contribution in [0, 0.1) is 5.92 Å². The zero-order chi connectivity index (χ0) is 17.9. The molecule has 0 aliphatic heterocycles. The van der Waals surface area contributed by atoms with Crippen LogP contribution in [-0.4, -0.2) is 14.3 Å². The van der Waals surface area contributed by atoms with Crippen molar-refractivity contribution in [2.75, 3.05) is 0 Å². The number of aromatic nitrogens is 3. The van der Waals surface area contributed by atoms with E-state index >= 15 is 0 Å². The van der Waals surface area contributed by atoms with Crippen molar-refractivity contribution < 1.29 is 0 Å². The first-order valence-electron chi connectivity index (χ1n) is 9.49. The summed E-state index contributed by atoms with van der Waals surface area (Å²) in [4.78, 5) is 12.2. The molecule has 0 unspecified atom stereocenters. The third-order valence-corrected chi connectivity index (χ3v) is 5.43. The van der Waals surface area contributed by atoms with E-state index in [0.717, 1.165) is 34.7 Å². The Hall–Kier alpha value is -2.62. The molecule has 1 aliphatic rings. The molecule has 0 radical (unpaired) electrons. The maximum Gasteiger partial charge on any atom is 0.250 e. The second-order valence-electron chi connectivity index (χ2n) is 7.37. The Balaban J connectivity index is 1.69. The fraction of sp³-hybridized carbons (Fsp3) is 0.364. The molecule has 134 valence electrons. The molecule has 2 heterocycles. The summed E-state index contributed by atoms with van der Waals surface area (Å²) in [5.41, 5.74) is 4.14. The van der Waals surface area contributed by atoms with Crippen LogP contribution in [-0.2, 0) is 13.6 Å². The molecule has 1 fully saturated rings. The molecule has 4 nitrogen and oxygen atoms in total. The number of pyridine rings is 1. The van der Waals surface area contributed by atoms with Gasteiger partial charge in [0.05, 0.1) is 6.20 Å². The van der Waals surface area contributed by atoms with Crippen molar-refractivity contribution in [2.24, 2.45) is 13.0 Å². The lowest BCUT2D eigenvalue weighted by atomic mass is 9.89. The van der Waals surface area contributed by atoms with E-state index in [1.165, 1.54) is 32.1 Å². The fourth-order valence-electron chi connectivity index (χ4n) is 3.95. The predicted octanol–water partition coefficient (Wildman–Crippen LogP) is 4.50. The Bertz CT molecular complexity index is 934. The highest BCUT2D eigenvalue weighted by Gasteiger charge is 2.16. The van der Waals surface area contributed by atoms with E-state index < -0.39 is 0 Å². The van der Waals surface area contributed by atoms with E-state index in [-0.39, 0.29) is 5.56 Å². The van der Waals surface area contributed by atoms with Crippen molar-refractivity contribution >= 4 is 0 Å². The molecule has 0 bridgehead atoms. The number of hydrogen-bond acceptors (Lipinski definition) is 2. The van der Waals surface area contributed by atoms with Crippen LogP contribution < -0.4 is 5.56 Å². The lowest BCUT2D eigenvalue weighted by Gasteiger charge is -2.21. The van der Waals surface area contributed by atoms with Gasteiger partial charge in [-0.25, -0.2) is 0 Å². The van der Waals surface area contributed by atoms with Crippen LogP contribution in [0.2, 0.25) is 0 Å². The van der Waals surface area contributed by atoms with E-state index in [9.17, 15) is 4.79 Å². The Morgan fingerprint density at radius 3 is 2.54 bits per heavy atom. The summed E-state index contributed by atoms with van der Waals surface area (Å²) in [5.74, 6) is 0.741. The maximum atomic E-state index is 12.2. The molecule has 26 heavy (non-hydrogen) atoms. The van der Waals surface area contributed by atoms with Gasteiger partial charge in [0.2, 0.25) is 0 Å². The van der Waals surface area contributed by atoms with Gasteiger partial charge in [-0.1, -0.05) is 49.6 Å². The third kappa shape index (κ3) is 3.50. The minimum atomic E-state index is 0.00204. The summed E-state index contributed by atoms with van der Waals surface area (Å²) in [5, 5.41) is 4.60. The number of rotatable bonds is 4. The molecule has 1 saturated carbocycles. The van der Waals surface area contributed by atoms with E-state index in [1.54, 1.807) is 17.7 Å². The molecule has 1 aromatic carbocycles. The second-order valence-corrected chi connectivity index (χ2v) is 7.37. The molecule has 0 atom stereocenters. The average molecular weight is 347 g/mol. The van der Waals surface area contributed by atoms with E-state index in [1.807, 2.05) is 42.7 Å². The van der Waals surface area contributed by atoms with Crippen LogP contribution in [0.1, 0.15) is 32.1 Å². The van der Waals surface area contributed by atoms with Crippen molar-refractivity contribution in [1.29, 1.82) is 0 Å². The Morgan fingerprint density at radius 1 is 1.00 bits per heavy atom. The molecule has 2 aromatic heterocycles. The van der Waals surface area contributed by atoms with E-state index in [0.29, 0.717) is 0 Å². The van der Waals surface area contributed by atoms with E-state index in [4.69, 9.17) is 0 Å². The van der Waals surface area contributed by atoms with Crippen molar-refractivity contribution in [2.45, 2.75) is 38.6 Å².